The van der Waals surface area contributed by atoms with Crippen LogP contribution in [0.5, 0.6) is 0 Å². The maximum atomic E-state index is 13.6. The van der Waals surface area contributed by atoms with Crippen molar-refractivity contribution in [2.24, 2.45) is 0 Å². The van der Waals surface area contributed by atoms with E-state index in [1.54, 1.807) is 30.9 Å². The number of rotatable bonds is 5. The Hall–Kier alpha value is -4.41. The largest absolute Gasteiger partial charge is 0.408 e. The molecular formula is C26H23F3N6O2. The molecule has 5 rings (SSSR count). The van der Waals surface area contributed by atoms with Gasteiger partial charge in [-0.2, -0.15) is 13.2 Å². The maximum Gasteiger partial charge on any atom is 0.408 e. The summed E-state index contributed by atoms with van der Waals surface area (Å²) in [7, 11) is 0. The summed E-state index contributed by atoms with van der Waals surface area (Å²) in [5.74, 6) is -0.544. The number of halogens is 3. The molecule has 0 aliphatic heterocycles. The number of hydrogen-bond donors (Lipinski definition) is 1. The molecule has 4 aromatic heterocycles. The molecule has 0 bridgehead atoms. The molecule has 0 saturated heterocycles. The summed E-state index contributed by atoms with van der Waals surface area (Å²) in [5.41, 5.74) is 4.51. The number of fused-ring (bicyclic) bond motifs is 2. The number of carbonyl (C=O) groups excluding carboxylic acids is 1. The van der Waals surface area contributed by atoms with E-state index >= 15 is 0 Å². The van der Waals surface area contributed by atoms with Gasteiger partial charge in [0.25, 0.3) is 0 Å². The topological polar surface area (TPSA) is 86.2 Å². The van der Waals surface area contributed by atoms with Gasteiger partial charge in [-0.25, -0.2) is 19.3 Å². The van der Waals surface area contributed by atoms with Gasteiger partial charge >= 0.3 is 11.9 Å². The van der Waals surface area contributed by atoms with Gasteiger partial charge in [0.1, 0.15) is 18.4 Å². The van der Waals surface area contributed by atoms with Gasteiger partial charge in [-0.05, 0) is 50.1 Å². The zero-order valence-corrected chi connectivity index (χ0v) is 20.2. The molecule has 4 heterocycles. The van der Waals surface area contributed by atoms with E-state index in [0.29, 0.717) is 22.4 Å². The fraction of sp³-hybridized carbons (Fsp3) is 0.231. The standard InChI is InChI=1S/C26H23F3N6O2/c1-15-6-4-8-20-23(15)35(25(37)34(20)13-22(36)32-17(3)26(27,28)29)24-16(2)10-18(11-31-24)19-7-5-9-33-14-30-12-21(19)33/h4-12,14,17H,13H2,1-3H3,(H,32,36)/t17-/m1/s1. The van der Waals surface area contributed by atoms with Gasteiger partial charge in [-0.15, -0.1) is 0 Å². The molecule has 0 spiro atoms. The van der Waals surface area contributed by atoms with Crippen LogP contribution in [0.3, 0.4) is 0 Å². The number of benzene rings is 1. The summed E-state index contributed by atoms with van der Waals surface area (Å²) < 4.78 is 43.2. The number of hydrogen-bond acceptors (Lipinski definition) is 4. The van der Waals surface area contributed by atoms with E-state index in [9.17, 15) is 22.8 Å². The normalized spacial score (nSPS) is 12.8. The van der Waals surface area contributed by atoms with E-state index in [1.807, 2.05) is 54.0 Å². The third-order valence-corrected chi connectivity index (χ3v) is 6.35. The lowest BCUT2D eigenvalue weighted by atomic mass is 10.1. The van der Waals surface area contributed by atoms with E-state index in [4.69, 9.17) is 0 Å². The van der Waals surface area contributed by atoms with Gasteiger partial charge in [0, 0.05) is 23.5 Å². The Balaban J connectivity index is 1.60. The second-order valence-corrected chi connectivity index (χ2v) is 8.95. The molecule has 1 atom stereocenters. The highest BCUT2D eigenvalue weighted by atomic mass is 19.4. The fourth-order valence-corrected chi connectivity index (χ4v) is 4.48. The minimum atomic E-state index is -4.59. The number of nitrogens with one attached hydrogen (secondary N) is 1. The number of imidazole rings is 2. The Morgan fingerprint density at radius 2 is 1.86 bits per heavy atom. The first-order valence-corrected chi connectivity index (χ1v) is 11.5. The average Bonchev–Trinajstić information content (AvgIpc) is 3.42. The maximum absolute atomic E-state index is 13.6. The molecule has 8 nitrogen and oxygen atoms in total. The highest BCUT2D eigenvalue weighted by molar-refractivity contribution is 5.85. The third kappa shape index (κ3) is 4.26. The molecule has 0 unspecified atom stereocenters. The SMILES string of the molecule is Cc1cc(-c2cccn3cncc23)cnc1-n1c(=O)n(CC(=O)N[C@H](C)C(F)(F)F)c2cccc(C)c21. The number of aryl methyl sites for hydroxylation is 2. The van der Waals surface area contributed by atoms with Crippen molar-refractivity contribution in [2.75, 3.05) is 0 Å². The predicted octanol–water partition coefficient (Wildman–Crippen LogP) is 4.19. The van der Waals surface area contributed by atoms with Gasteiger partial charge in [0.2, 0.25) is 5.91 Å². The number of pyridine rings is 2. The zero-order chi connectivity index (χ0) is 26.5. The van der Waals surface area contributed by atoms with Crippen LogP contribution in [0.25, 0.3) is 33.5 Å². The van der Waals surface area contributed by atoms with E-state index in [0.717, 1.165) is 29.1 Å². The van der Waals surface area contributed by atoms with Crippen molar-refractivity contribution in [3.8, 4) is 16.9 Å². The second kappa shape index (κ2) is 8.91. The highest BCUT2D eigenvalue weighted by Crippen LogP contribution is 2.28. The van der Waals surface area contributed by atoms with Crippen LogP contribution in [0, 0.1) is 13.8 Å². The first-order chi connectivity index (χ1) is 17.6. The molecule has 11 heteroatoms. The zero-order valence-electron chi connectivity index (χ0n) is 20.2. The van der Waals surface area contributed by atoms with E-state index in [-0.39, 0.29) is 0 Å². The van der Waals surface area contributed by atoms with Crippen molar-refractivity contribution in [3.05, 3.63) is 82.9 Å². The fourth-order valence-electron chi connectivity index (χ4n) is 4.48. The molecule has 1 N–H and O–H groups in total. The first kappa shape index (κ1) is 24.3. The van der Waals surface area contributed by atoms with Gasteiger partial charge in [0.05, 0.1) is 29.1 Å². The van der Waals surface area contributed by atoms with Gasteiger partial charge < -0.3 is 9.72 Å². The minimum absolute atomic E-state index is 0.372. The molecule has 190 valence electrons. The van der Waals surface area contributed by atoms with Gasteiger partial charge in [0.15, 0.2) is 0 Å². The molecule has 0 aliphatic rings. The van der Waals surface area contributed by atoms with Gasteiger partial charge in [-0.1, -0.05) is 18.2 Å². The van der Waals surface area contributed by atoms with E-state index < -0.39 is 30.4 Å². The molecule has 0 radical (unpaired) electrons. The van der Waals surface area contributed by atoms with Crippen molar-refractivity contribution >= 4 is 22.5 Å². The van der Waals surface area contributed by atoms with Crippen LogP contribution in [-0.4, -0.2) is 41.6 Å². The summed E-state index contributed by atoms with van der Waals surface area (Å²) in [5, 5.41) is 1.92. The van der Waals surface area contributed by atoms with Crippen LogP contribution in [0.4, 0.5) is 13.2 Å². The van der Waals surface area contributed by atoms with E-state index in [2.05, 4.69) is 9.97 Å². The quantitative estimate of drug-likeness (QED) is 0.386. The Morgan fingerprint density at radius 3 is 2.59 bits per heavy atom. The van der Waals surface area contributed by atoms with Crippen molar-refractivity contribution < 1.29 is 18.0 Å². The lowest BCUT2D eigenvalue weighted by Crippen LogP contribution is -2.45. The molecule has 0 saturated carbocycles. The molecule has 0 aliphatic carbocycles. The van der Waals surface area contributed by atoms with Crippen molar-refractivity contribution in [3.63, 3.8) is 0 Å². The lowest BCUT2D eigenvalue weighted by molar-refractivity contribution is -0.158. The minimum Gasteiger partial charge on any atom is -0.343 e. The van der Waals surface area contributed by atoms with E-state index in [1.165, 1.54) is 9.13 Å². The Kier molecular flexibility index (Phi) is 5.85. The van der Waals surface area contributed by atoms with Crippen LogP contribution in [0.2, 0.25) is 0 Å². The molecular weight excluding hydrogens is 485 g/mol. The van der Waals surface area contributed by atoms with Crippen molar-refractivity contribution in [2.45, 2.75) is 39.5 Å². The van der Waals surface area contributed by atoms with Crippen molar-refractivity contribution in [1.82, 2.24) is 28.8 Å². The Morgan fingerprint density at radius 1 is 1.08 bits per heavy atom. The second-order valence-electron chi connectivity index (χ2n) is 8.95. The summed E-state index contributed by atoms with van der Waals surface area (Å²) in [6.45, 7) is 3.94. The van der Waals surface area contributed by atoms with Crippen LogP contribution < -0.4 is 11.0 Å². The molecule has 0 fully saturated rings. The van der Waals surface area contributed by atoms with Crippen LogP contribution in [-0.2, 0) is 11.3 Å². The Bertz CT molecular complexity index is 1710. The third-order valence-electron chi connectivity index (χ3n) is 6.35. The molecule has 37 heavy (non-hydrogen) atoms. The first-order valence-electron chi connectivity index (χ1n) is 11.5. The number of nitrogens with zero attached hydrogens (tertiary/aromatic N) is 5. The smallest absolute Gasteiger partial charge is 0.343 e. The van der Waals surface area contributed by atoms with Crippen molar-refractivity contribution in [1.29, 1.82) is 0 Å². The Labute approximate surface area is 209 Å². The average molecular weight is 509 g/mol. The molecule has 5 aromatic rings. The molecule has 1 aromatic carbocycles. The lowest BCUT2D eigenvalue weighted by Gasteiger charge is -2.17. The monoisotopic (exact) mass is 508 g/mol. The highest BCUT2D eigenvalue weighted by Gasteiger charge is 2.37. The van der Waals surface area contributed by atoms with Gasteiger partial charge in [-0.3, -0.25) is 9.36 Å². The molecule has 1 amide bonds. The summed E-state index contributed by atoms with van der Waals surface area (Å²) in [6, 6.07) is 8.93. The van der Waals surface area contributed by atoms with Crippen LogP contribution in [0.15, 0.2) is 66.1 Å². The summed E-state index contributed by atoms with van der Waals surface area (Å²) in [4.78, 5) is 34.8. The number of para-hydroxylation sites is 1. The van der Waals surface area contributed by atoms with Crippen LogP contribution in [0.1, 0.15) is 18.1 Å². The number of carbonyl (C=O) groups is 1. The predicted molar refractivity (Wildman–Crippen MR) is 133 cm³/mol. The summed E-state index contributed by atoms with van der Waals surface area (Å²) in [6.07, 6.45) is 2.43. The number of amides is 1. The summed E-state index contributed by atoms with van der Waals surface area (Å²) >= 11 is 0. The number of aromatic nitrogens is 5. The number of alkyl halides is 3. The van der Waals surface area contributed by atoms with Crippen LogP contribution >= 0.6 is 0 Å².